The van der Waals surface area contributed by atoms with Crippen LogP contribution in [0, 0.1) is 0 Å². The molecular formula is C15H24ClNO. The molecule has 0 radical (unpaired) electrons. The smallest absolute Gasteiger partial charge is 0.161 e. The fourth-order valence-corrected chi connectivity index (χ4v) is 2.29. The van der Waals surface area contributed by atoms with Crippen LogP contribution in [0.2, 0.25) is 5.02 Å². The Morgan fingerprint density at radius 1 is 1.33 bits per heavy atom. The Labute approximate surface area is 116 Å². The van der Waals surface area contributed by atoms with Crippen molar-refractivity contribution in [2.24, 2.45) is 0 Å². The number of nitrogens with zero attached hydrogens (tertiary/aromatic N) is 1. The first-order valence-corrected chi connectivity index (χ1v) is 7.22. The van der Waals surface area contributed by atoms with Crippen molar-refractivity contribution in [1.82, 2.24) is 0 Å². The molecule has 0 aliphatic carbocycles. The number of rotatable bonds is 2. The molecule has 0 saturated carbocycles. The van der Waals surface area contributed by atoms with Gasteiger partial charge in [0.05, 0.1) is 17.3 Å². The first-order chi connectivity index (χ1) is 8.63. The third-order valence-electron chi connectivity index (χ3n) is 3.04. The van der Waals surface area contributed by atoms with E-state index in [1.165, 1.54) is 5.56 Å². The van der Waals surface area contributed by atoms with Gasteiger partial charge in [-0.3, -0.25) is 0 Å². The predicted octanol–water partition coefficient (Wildman–Crippen LogP) is 4.71. The van der Waals surface area contributed by atoms with Crippen molar-refractivity contribution < 1.29 is 4.74 Å². The number of likely N-dealkylation sites (N-methyl/N-ethyl adjacent to an activating group) is 1. The third kappa shape index (κ3) is 3.11. The lowest BCUT2D eigenvalue weighted by atomic mass is 10.0. The zero-order valence-corrected chi connectivity index (χ0v) is 12.8. The van der Waals surface area contributed by atoms with Crippen LogP contribution in [0.15, 0.2) is 12.1 Å². The van der Waals surface area contributed by atoms with Crippen LogP contribution >= 0.6 is 11.6 Å². The molecule has 0 saturated heterocycles. The molecule has 0 amide bonds. The van der Waals surface area contributed by atoms with Gasteiger partial charge in [-0.1, -0.05) is 39.3 Å². The van der Waals surface area contributed by atoms with Gasteiger partial charge < -0.3 is 9.64 Å². The Morgan fingerprint density at radius 2 is 2.00 bits per heavy atom. The number of fused-ring (bicyclic) bond motifs is 1. The van der Waals surface area contributed by atoms with Crippen molar-refractivity contribution >= 4 is 17.3 Å². The minimum Gasteiger partial charge on any atom is -0.488 e. The lowest BCUT2D eigenvalue weighted by Crippen LogP contribution is -2.32. The summed E-state index contributed by atoms with van der Waals surface area (Å²) in [6.45, 7) is 13.2. The van der Waals surface area contributed by atoms with Gasteiger partial charge >= 0.3 is 0 Å². The molecule has 0 bridgehead atoms. The van der Waals surface area contributed by atoms with Gasteiger partial charge in [-0.05, 0) is 30.5 Å². The zero-order chi connectivity index (χ0) is 13.7. The molecule has 0 atom stereocenters. The summed E-state index contributed by atoms with van der Waals surface area (Å²) in [6.07, 6.45) is 0. The van der Waals surface area contributed by atoms with E-state index in [9.17, 15) is 0 Å². The number of anilines is 1. The normalized spacial score (nSPS) is 13.6. The Hall–Kier alpha value is -0.890. The average molecular weight is 270 g/mol. The highest BCUT2D eigenvalue weighted by molar-refractivity contribution is 6.32. The van der Waals surface area contributed by atoms with Gasteiger partial charge in [0.2, 0.25) is 0 Å². The molecule has 0 N–H and O–H groups in total. The molecule has 3 heteroatoms. The van der Waals surface area contributed by atoms with Crippen molar-refractivity contribution in [3.8, 4) is 5.75 Å². The molecule has 0 spiro atoms. The van der Waals surface area contributed by atoms with E-state index in [1.807, 2.05) is 19.9 Å². The minimum atomic E-state index is 0.489. The van der Waals surface area contributed by atoms with E-state index >= 15 is 0 Å². The molecule has 2 rings (SSSR count). The average Bonchev–Trinajstić information content (AvgIpc) is 2.40. The summed E-state index contributed by atoms with van der Waals surface area (Å²) in [5.41, 5.74) is 2.41. The van der Waals surface area contributed by atoms with Crippen LogP contribution < -0.4 is 9.64 Å². The van der Waals surface area contributed by atoms with E-state index in [1.54, 1.807) is 0 Å². The quantitative estimate of drug-likeness (QED) is 0.771. The van der Waals surface area contributed by atoms with Crippen molar-refractivity contribution in [3.63, 3.8) is 0 Å². The maximum absolute atomic E-state index is 6.26. The molecule has 1 aliphatic heterocycles. The first-order valence-electron chi connectivity index (χ1n) is 6.84. The summed E-state index contributed by atoms with van der Waals surface area (Å²) < 4.78 is 5.65. The number of ether oxygens (including phenoxy) is 1. The highest BCUT2D eigenvalue weighted by Gasteiger charge is 2.20. The SMILES string of the molecule is CC.CCN1CCOc2c(Cl)cc(C(C)C)cc21. The monoisotopic (exact) mass is 269 g/mol. The van der Waals surface area contributed by atoms with Crippen molar-refractivity contribution in [2.75, 3.05) is 24.6 Å². The van der Waals surface area contributed by atoms with E-state index in [0.717, 1.165) is 36.2 Å². The maximum atomic E-state index is 6.26. The van der Waals surface area contributed by atoms with E-state index in [4.69, 9.17) is 16.3 Å². The van der Waals surface area contributed by atoms with E-state index in [2.05, 4.69) is 31.7 Å². The lowest BCUT2D eigenvalue weighted by molar-refractivity contribution is 0.308. The molecule has 1 aromatic carbocycles. The third-order valence-corrected chi connectivity index (χ3v) is 3.32. The molecule has 0 aromatic heterocycles. The number of hydrogen-bond donors (Lipinski definition) is 0. The highest BCUT2D eigenvalue weighted by Crippen LogP contribution is 2.40. The van der Waals surface area contributed by atoms with Gasteiger partial charge in [0, 0.05) is 6.54 Å². The van der Waals surface area contributed by atoms with Crippen LogP contribution in [0.1, 0.15) is 46.1 Å². The molecule has 1 aromatic rings. The van der Waals surface area contributed by atoms with E-state index in [0.29, 0.717) is 5.92 Å². The fraction of sp³-hybridized carbons (Fsp3) is 0.600. The number of halogens is 1. The van der Waals surface area contributed by atoms with E-state index in [-0.39, 0.29) is 0 Å². The van der Waals surface area contributed by atoms with Gasteiger partial charge in [-0.15, -0.1) is 0 Å². The summed E-state index contributed by atoms with van der Waals surface area (Å²) in [6, 6.07) is 4.22. The van der Waals surface area contributed by atoms with Gasteiger partial charge in [0.1, 0.15) is 6.61 Å². The van der Waals surface area contributed by atoms with Crippen molar-refractivity contribution in [1.29, 1.82) is 0 Å². The molecule has 2 nitrogen and oxygen atoms in total. The maximum Gasteiger partial charge on any atom is 0.161 e. The molecule has 0 fully saturated rings. The fourth-order valence-electron chi connectivity index (χ4n) is 2.02. The van der Waals surface area contributed by atoms with Gasteiger partial charge in [0.25, 0.3) is 0 Å². The Morgan fingerprint density at radius 3 is 2.56 bits per heavy atom. The second-order valence-electron chi connectivity index (χ2n) is 4.43. The van der Waals surface area contributed by atoms with Gasteiger partial charge in [-0.2, -0.15) is 0 Å². The van der Waals surface area contributed by atoms with E-state index < -0.39 is 0 Å². The summed E-state index contributed by atoms with van der Waals surface area (Å²) in [7, 11) is 0. The number of benzene rings is 1. The summed E-state index contributed by atoms with van der Waals surface area (Å²) in [5, 5.41) is 0.736. The zero-order valence-electron chi connectivity index (χ0n) is 12.1. The molecule has 1 aliphatic rings. The molecular weight excluding hydrogens is 246 g/mol. The minimum absolute atomic E-state index is 0.489. The summed E-state index contributed by atoms with van der Waals surface area (Å²) in [4.78, 5) is 2.32. The molecule has 102 valence electrons. The van der Waals surface area contributed by atoms with Crippen LogP contribution in [-0.4, -0.2) is 19.7 Å². The molecule has 1 heterocycles. The largest absolute Gasteiger partial charge is 0.488 e. The van der Waals surface area contributed by atoms with Crippen molar-refractivity contribution in [3.05, 3.63) is 22.7 Å². The van der Waals surface area contributed by atoms with Crippen molar-refractivity contribution in [2.45, 2.75) is 40.5 Å². The van der Waals surface area contributed by atoms with Gasteiger partial charge in [-0.25, -0.2) is 0 Å². The Balaban J connectivity index is 0.000000771. The Bertz CT molecular complexity index is 390. The molecule has 18 heavy (non-hydrogen) atoms. The topological polar surface area (TPSA) is 12.5 Å². The van der Waals surface area contributed by atoms with Gasteiger partial charge in [0.15, 0.2) is 5.75 Å². The molecule has 0 unspecified atom stereocenters. The van der Waals surface area contributed by atoms with Crippen LogP contribution in [0.4, 0.5) is 5.69 Å². The van der Waals surface area contributed by atoms with Crippen LogP contribution in [0.5, 0.6) is 5.75 Å². The second kappa shape index (κ2) is 6.89. The summed E-state index contributed by atoms with van der Waals surface area (Å²) >= 11 is 6.26. The van der Waals surface area contributed by atoms with Crippen LogP contribution in [0.25, 0.3) is 0 Å². The standard InChI is InChI=1S/C13H18ClNO.C2H6/c1-4-15-5-6-16-13-11(14)7-10(9(2)3)8-12(13)15;1-2/h7-9H,4-6H2,1-3H3;1-2H3. The van der Waals surface area contributed by atoms with Crippen LogP contribution in [0.3, 0.4) is 0 Å². The summed E-state index contributed by atoms with van der Waals surface area (Å²) in [5.74, 6) is 1.34. The lowest BCUT2D eigenvalue weighted by Gasteiger charge is -2.31. The van der Waals surface area contributed by atoms with Crippen LogP contribution in [-0.2, 0) is 0 Å². The second-order valence-corrected chi connectivity index (χ2v) is 4.84. The first kappa shape index (κ1) is 15.2. The predicted molar refractivity (Wildman–Crippen MR) is 80.3 cm³/mol. The Kier molecular flexibility index (Phi) is 5.80. The highest BCUT2D eigenvalue weighted by atomic mass is 35.5. The number of hydrogen-bond acceptors (Lipinski definition) is 2.